The first-order chi connectivity index (χ1) is 8.65. The molecular formula is C14H15N3S. The van der Waals surface area contributed by atoms with Crippen LogP contribution in [0.3, 0.4) is 0 Å². The first kappa shape index (κ1) is 12.5. The van der Waals surface area contributed by atoms with E-state index in [1.807, 2.05) is 50.2 Å². The molecule has 4 heteroatoms. The molecule has 0 amide bonds. The van der Waals surface area contributed by atoms with Gasteiger partial charge in [-0.05, 0) is 49.3 Å². The monoisotopic (exact) mass is 257 g/mol. The van der Waals surface area contributed by atoms with Gasteiger partial charge in [0.1, 0.15) is 5.82 Å². The molecule has 2 aromatic rings. The van der Waals surface area contributed by atoms with Gasteiger partial charge in [-0.15, -0.1) is 0 Å². The maximum Gasteiger partial charge on any atom is 0.176 e. The molecule has 0 aliphatic carbocycles. The Labute approximate surface area is 112 Å². The third-order valence-electron chi connectivity index (χ3n) is 2.55. The average molecular weight is 257 g/mol. The zero-order chi connectivity index (χ0) is 13.0. The summed E-state index contributed by atoms with van der Waals surface area (Å²) < 4.78 is 0. The molecule has 3 nitrogen and oxygen atoms in total. The van der Waals surface area contributed by atoms with Crippen molar-refractivity contribution in [2.75, 3.05) is 10.6 Å². The SMILES string of the molecule is Cc1ccc(NC(=S)Nc2ccccc2C)nc1. The fraction of sp³-hybridized carbons (Fsp3) is 0.143. The first-order valence-corrected chi connectivity index (χ1v) is 6.12. The van der Waals surface area contributed by atoms with Crippen LogP contribution in [0.1, 0.15) is 11.1 Å². The second kappa shape index (κ2) is 5.60. The van der Waals surface area contributed by atoms with E-state index in [2.05, 4.69) is 15.6 Å². The summed E-state index contributed by atoms with van der Waals surface area (Å²) in [6, 6.07) is 11.9. The Bertz CT molecular complexity index is 549. The number of anilines is 2. The number of pyridine rings is 1. The molecule has 1 aromatic heterocycles. The van der Waals surface area contributed by atoms with Gasteiger partial charge in [0.15, 0.2) is 5.11 Å². The fourth-order valence-corrected chi connectivity index (χ4v) is 1.74. The lowest BCUT2D eigenvalue weighted by molar-refractivity contribution is 1.27. The van der Waals surface area contributed by atoms with Gasteiger partial charge in [0.25, 0.3) is 0 Å². The highest BCUT2D eigenvalue weighted by Crippen LogP contribution is 2.13. The van der Waals surface area contributed by atoms with Crippen LogP contribution in [0.2, 0.25) is 0 Å². The molecule has 0 saturated heterocycles. The number of hydrogen-bond donors (Lipinski definition) is 2. The third-order valence-corrected chi connectivity index (χ3v) is 2.75. The van der Waals surface area contributed by atoms with Gasteiger partial charge in [-0.25, -0.2) is 4.98 Å². The van der Waals surface area contributed by atoms with Crippen molar-refractivity contribution in [3.8, 4) is 0 Å². The van der Waals surface area contributed by atoms with Crippen molar-refractivity contribution in [1.29, 1.82) is 0 Å². The first-order valence-electron chi connectivity index (χ1n) is 5.71. The second-order valence-electron chi connectivity index (χ2n) is 4.11. The largest absolute Gasteiger partial charge is 0.332 e. The standard InChI is InChI=1S/C14H15N3S/c1-10-7-8-13(15-9-10)17-14(18)16-12-6-4-3-5-11(12)2/h3-9H,1-2H3,(H2,15,16,17,18). The van der Waals surface area contributed by atoms with Gasteiger partial charge in [-0.1, -0.05) is 24.3 Å². The number of nitrogens with one attached hydrogen (secondary N) is 2. The molecule has 0 saturated carbocycles. The van der Waals surface area contributed by atoms with E-state index in [1.165, 1.54) is 0 Å². The number of thiocarbonyl (C=S) groups is 1. The summed E-state index contributed by atoms with van der Waals surface area (Å²) in [5.41, 5.74) is 3.28. The van der Waals surface area contributed by atoms with Crippen molar-refractivity contribution in [2.45, 2.75) is 13.8 Å². The summed E-state index contributed by atoms with van der Waals surface area (Å²) in [6.07, 6.45) is 1.80. The highest BCUT2D eigenvalue weighted by molar-refractivity contribution is 7.80. The van der Waals surface area contributed by atoms with Crippen molar-refractivity contribution in [2.24, 2.45) is 0 Å². The summed E-state index contributed by atoms with van der Waals surface area (Å²) in [6.45, 7) is 4.04. The van der Waals surface area contributed by atoms with Crippen molar-refractivity contribution in [3.63, 3.8) is 0 Å². The minimum atomic E-state index is 0.542. The lowest BCUT2D eigenvalue weighted by Gasteiger charge is -2.11. The van der Waals surface area contributed by atoms with Gasteiger partial charge in [0.2, 0.25) is 0 Å². The molecule has 1 aromatic carbocycles. The summed E-state index contributed by atoms with van der Waals surface area (Å²) in [5.74, 6) is 0.742. The van der Waals surface area contributed by atoms with E-state index in [9.17, 15) is 0 Å². The van der Waals surface area contributed by atoms with Crippen LogP contribution in [0.4, 0.5) is 11.5 Å². The molecular weight excluding hydrogens is 242 g/mol. The summed E-state index contributed by atoms with van der Waals surface area (Å²) in [4.78, 5) is 4.24. The summed E-state index contributed by atoms with van der Waals surface area (Å²) >= 11 is 5.25. The van der Waals surface area contributed by atoms with Crippen LogP contribution in [-0.4, -0.2) is 10.1 Å². The number of nitrogens with zero attached hydrogens (tertiary/aromatic N) is 1. The lowest BCUT2D eigenvalue weighted by Crippen LogP contribution is -2.20. The van der Waals surface area contributed by atoms with Gasteiger partial charge in [-0.2, -0.15) is 0 Å². The van der Waals surface area contributed by atoms with Gasteiger partial charge < -0.3 is 10.6 Å². The number of hydrogen-bond acceptors (Lipinski definition) is 2. The van der Waals surface area contributed by atoms with Crippen molar-refractivity contribution in [1.82, 2.24) is 4.98 Å². The molecule has 0 radical (unpaired) electrons. The molecule has 0 spiro atoms. The van der Waals surface area contributed by atoms with E-state index in [4.69, 9.17) is 12.2 Å². The number of benzene rings is 1. The minimum absolute atomic E-state index is 0.542. The Kier molecular flexibility index (Phi) is 3.89. The van der Waals surface area contributed by atoms with E-state index < -0.39 is 0 Å². The van der Waals surface area contributed by atoms with Crippen molar-refractivity contribution >= 4 is 28.8 Å². The van der Waals surface area contributed by atoms with Crippen LogP contribution < -0.4 is 10.6 Å². The van der Waals surface area contributed by atoms with E-state index >= 15 is 0 Å². The van der Waals surface area contributed by atoms with Crippen LogP contribution in [0.25, 0.3) is 0 Å². The zero-order valence-corrected chi connectivity index (χ0v) is 11.2. The van der Waals surface area contributed by atoms with Crippen LogP contribution in [0, 0.1) is 13.8 Å². The maximum absolute atomic E-state index is 5.25. The highest BCUT2D eigenvalue weighted by Gasteiger charge is 2.01. The van der Waals surface area contributed by atoms with Crippen LogP contribution in [0.5, 0.6) is 0 Å². The predicted octanol–water partition coefficient (Wildman–Crippen LogP) is 3.51. The topological polar surface area (TPSA) is 37.0 Å². The molecule has 0 aliphatic heterocycles. The molecule has 0 unspecified atom stereocenters. The molecule has 18 heavy (non-hydrogen) atoms. The molecule has 2 N–H and O–H groups in total. The molecule has 1 heterocycles. The average Bonchev–Trinajstić information content (AvgIpc) is 2.35. The van der Waals surface area contributed by atoms with Crippen molar-refractivity contribution < 1.29 is 0 Å². The molecule has 0 aliphatic rings. The number of aromatic nitrogens is 1. The minimum Gasteiger partial charge on any atom is -0.332 e. The molecule has 92 valence electrons. The highest BCUT2D eigenvalue weighted by atomic mass is 32.1. The Morgan fingerprint density at radius 3 is 2.50 bits per heavy atom. The summed E-state index contributed by atoms with van der Waals surface area (Å²) in [5, 5.41) is 6.75. The van der Waals surface area contributed by atoms with Crippen LogP contribution in [0.15, 0.2) is 42.6 Å². The maximum atomic E-state index is 5.25. The van der Waals surface area contributed by atoms with Crippen molar-refractivity contribution in [3.05, 3.63) is 53.7 Å². The predicted molar refractivity (Wildman–Crippen MR) is 80.0 cm³/mol. The van der Waals surface area contributed by atoms with E-state index in [-0.39, 0.29) is 0 Å². The van der Waals surface area contributed by atoms with Crippen LogP contribution >= 0.6 is 12.2 Å². The summed E-state index contributed by atoms with van der Waals surface area (Å²) in [7, 11) is 0. The van der Waals surface area contributed by atoms with E-state index in [0.717, 1.165) is 22.6 Å². The molecule has 2 rings (SSSR count). The quantitative estimate of drug-likeness (QED) is 0.807. The zero-order valence-electron chi connectivity index (χ0n) is 10.4. The Morgan fingerprint density at radius 2 is 1.83 bits per heavy atom. The Hall–Kier alpha value is -1.94. The van der Waals surface area contributed by atoms with E-state index in [0.29, 0.717) is 5.11 Å². The number of rotatable bonds is 2. The van der Waals surface area contributed by atoms with E-state index in [1.54, 1.807) is 6.20 Å². The van der Waals surface area contributed by atoms with Gasteiger partial charge in [0, 0.05) is 11.9 Å². The lowest BCUT2D eigenvalue weighted by atomic mass is 10.2. The molecule has 0 atom stereocenters. The normalized spacial score (nSPS) is 9.89. The Balaban J connectivity index is 2.01. The molecule has 0 bridgehead atoms. The van der Waals surface area contributed by atoms with Gasteiger partial charge in [0.05, 0.1) is 0 Å². The Morgan fingerprint density at radius 1 is 1.06 bits per heavy atom. The molecule has 0 fully saturated rings. The van der Waals surface area contributed by atoms with Gasteiger partial charge in [-0.3, -0.25) is 0 Å². The number of para-hydroxylation sites is 1. The second-order valence-corrected chi connectivity index (χ2v) is 4.52. The smallest absolute Gasteiger partial charge is 0.176 e. The fourth-order valence-electron chi connectivity index (χ4n) is 1.52. The number of aryl methyl sites for hydroxylation is 2. The van der Waals surface area contributed by atoms with Crippen LogP contribution in [-0.2, 0) is 0 Å². The van der Waals surface area contributed by atoms with Gasteiger partial charge >= 0.3 is 0 Å². The third kappa shape index (κ3) is 3.28.